The smallest absolute Gasteiger partial charge is 0.275 e. The van der Waals surface area contributed by atoms with Crippen LogP contribution >= 0.6 is 0 Å². The Balaban J connectivity index is 1.91. The van der Waals surface area contributed by atoms with Gasteiger partial charge in [-0.15, -0.1) is 0 Å². The number of hydrogen-bond donors (Lipinski definition) is 2. The molecule has 3 aromatic rings. The molecular formula is C15H11N3O2. The van der Waals surface area contributed by atoms with Gasteiger partial charge in [0.05, 0.1) is 22.9 Å². The number of fused-ring (bicyclic) bond motifs is 1. The first-order chi connectivity index (χ1) is 9.74. The molecule has 1 heterocycles. The van der Waals surface area contributed by atoms with E-state index in [9.17, 15) is 9.90 Å². The average molecular weight is 265 g/mol. The summed E-state index contributed by atoms with van der Waals surface area (Å²) in [6.45, 7) is 0. The van der Waals surface area contributed by atoms with Gasteiger partial charge >= 0.3 is 0 Å². The maximum atomic E-state index is 12.1. The molecule has 2 N–H and O–H groups in total. The van der Waals surface area contributed by atoms with Crippen LogP contribution < -0.4 is 5.32 Å². The first kappa shape index (κ1) is 12.1. The van der Waals surface area contributed by atoms with E-state index in [4.69, 9.17) is 0 Å². The van der Waals surface area contributed by atoms with E-state index in [0.29, 0.717) is 11.2 Å². The third kappa shape index (κ3) is 2.29. The zero-order valence-electron chi connectivity index (χ0n) is 10.4. The summed E-state index contributed by atoms with van der Waals surface area (Å²) in [4.78, 5) is 20.5. The molecule has 2 aromatic carbocycles. The number of phenolic OH excluding ortho intramolecular Hbond substituents is 1. The van der Waals surface area contributed by atoms with Gasteiger partial charge in [-0.2, -0.15) is 0 Å². The van der Waals surface area contributed by atoms with E-state index in [1.807, 2.05) is 18.2 Å². The molecule has 0 unspecified atom stereocenters. The quantitative estimate of drug-likeness (QED) is 0.698. The second-order valence-electron chi connectivity index (χ2n) is 4.22. The lowest BCUT2D eigenvalue weighted by molar-refractivity contribution is 0.102. The summed E-state index contributed by atoms with van der Waals surface area (Å²) in [6.07, 6.45) is 1.41. The fraction of sp³-hybridized carbons (Fsp3) is 0. The van der Waals surface area contributed by atoms with Crippen molar-refractivity contribution in [2.45, 2.75) is 0 Å². The van der Waals surface area contributed by atoms with Crippen LogP contribution in [0.2, 0.25) is 0 Å². The predicted molar refractivity (Wildman–Crippen MR) is 75.6 cm³/mol. The molecule has 0 radical (unpaired) electrons. The lowest BCUT2D eigenvalue weighted by atomic mass is 10.2. The van der Waals surface area contributed by atoms with Gasteiger partial charge in [-0.25, -0.2) is 4.98 Å². The summed E-state index contributed by atoms with van der Waals surface area (Å²) in [7, 11) is 0. The highest BCUT2D eigenvalue weighted by Crippen LogP contribution is 2.22. The zero-order chi connectivity index (χ0) is 13.9. The standard InChI is InChI=1S/C15H11N3O2/c19-14-8-4-3-7-12(14)18-15(20)13-9-16-10-5-1-2-6-11(10)17-13/h1-9,19H,(H,18,20). The molecule has 0 aliphatic heterocycles. The van der Waals surface area contributed by atoms with Crippen molar-refractivity contribution in [2.24, 2.45) is 0 Å². The number of phenols is 1. The Hall–Kier alpha value is -2.95. The van der Waals surface area contributed by atoms with Gasteiger partial charge in [-0.3, -0.25) is 9.78 Å². The molecule has 5 heteroatoms. The Bertz CT molecular complexity index is 787. The van der Waals surface area contributed by atoms with Gasteiger partial charge in [-0.05, 0) is 24.3 Å². The molecule has 98 valence electrons. The van der Waals surface area contributed by atoms with E-state index in [-0.39, 0.29) is 11.4 Å². The molecule has 0 spiro atoms. The van der Waals surface area contributed by atoms with E-state index in [1.165, 1.54) is 12.3 Å². The molecular weight excluding hydrogens is 254 g/mol. The number of amides is 1. The van der Waals surface area contributed by atoms with Gasteiger partial charge in [0.15, 0.2) is 0 Å². The minimum atomic E-state index is -0.412. The highest BCUT2D eigenvalue weighted by molar-refractivity contribution is 6.04. The number of benzene rings is 2. The number of carbonyl (C=O) groups excluding carboxylic acids is 1. The minimum Gasteiger partial charge on any atom is -0.506 e. The van der Waals surface area contributed by atoms with E-state index < -0.39 is 5.91 Å². The van der Waals surface area contributed by atoms with Crippen molar-refractivity contribution in [1.29, 1.82) is 0 Å². The Morgan fingerprint density at radius 3 is 2.50 bits per heavy atom. The van der Waals surface area contributed by atoms with Crippen molar-refractivity contribution >= 4 is 22.6 Å². The largest absolute Gasteiger partial charge is 0.506 e. The monoisotopic (exact) mass is 265 g/mol. The maximum absolute atomic E-state index is 12.1. The highest BCUT2D eigenvalue weighted by atomic mass is 16.3. The Morgan fingerprint density at radius 1 is 1.00 bits per heavy atom. The normalized spacial score (nSPS) is 10.4. The molecule has 20 heavy (non-hydrogen) atoms. The van der Waals surface area contributed by atoms with E-state index >= 15 is 0 Å². The number of carbonyl (C=O) groups is 1. The number of aromatic nitrogens is 2. The first-order valence-electron chi connectivity index (χ1n) is 6.05. The van der Waals surface area contributed by atoms with Crippen LogP contribution in [-0.2, 0) is 0 Å². The molecule has 0 atom stereocenters. The van der Waals surface area contributed by atoms with E-state index in [1.54, 1.807) is 24.3 Å². The fourth-order valence-corrected chi connectivity index (χ4v) is 1.83. The zero-order valence-corrected chi connectivity index (χ0v) is 10.4. The van der Waals surface area contributed by atoms with Crippen molar-refractivity contribution in [3.8, 4) is 5.75 Å². The summed E-state index contributed by atoms with van der Waals surface area (Å²) in [6, 6.07) is 13.8. The van der Waals surface area contributed by atoms with Gasteiger partial charge in [0, 0.05) is 0 Å². The molecule has 1 amide bonds. The van der Waals surface area contributed by atoms with Gasteiger partial charge < -0.3 is 10.4 Å². The van der Waals surface area contributed by atoms with Crippen LogP contribution in [-0.4, -0.2) is 21.0 Å². The molecule has 5 nitrogen and oxygen atoms in total. The van der Waals surface area contributed by atoms with E-state index in [0.717, 1.165) is 5.52 Å². The molecule has 0 saturated heterocycles. The van der Waals surface area contributed by atoms with Gasteiger partial charge in [-0.1, -0.05) is 24.3 Å². The summed E-state index contributed by atoms with van der Waals surface area (Å²) < 4.78 is 0. The van der Waals surface area contributed by atoms with Crippen molar-refractivity contribution in [2.75, 3.05) is 5.32 Å². The molecule has 0 bridgehead atoms. The number of rotatable bonds is 2. The topological polar surface area (TPSA) is 75.1 Å². The SMILES string of the molecule is O=C(Nc1ccccc1O)c1cnc2ccccc2n1. The molecule has 0 aliphatic rings. The van der Waals surface area contributed by atoms with Crippen LogP contribution in [0.4, 0.5) is 5.69 Å². The summed E-state index contributed by atoms with van der Waals surface area (Å²) in [5.41, 5.74) is 1.92. The third-order valence-electron chi connectivity index (χ3n) is 2.83. The van der Waals surface area contributed by atoms with Crippen molar-refractivity contribution in [1.82, 2.24) is 9.97 Å². The average Bonchev–Trinajstić information content (AvgIpc) is 2.49. The molecule has 1 aromatic heterocycles. The maximum Gasteiger partial charge on any atom is 0.275 e. The summed E-state index contributed by atoms with van der Waals surface area (Å²) >= 11 is 0. The van der Waals surface area contributed by atoms with Crippen molar-refractivity contribution in [3.05, 3.63) is 60.4 Å². The fourth-order valence-electron chi connectivity index (χ4n) is 1.83. The lowest BCUT2D eigenvalue weighted by Gasteiger charge is -2.06. The highest BCUT2D eigenvalue weighted by Gasteiger charge is 2.11. The summed E-state index contributed by atoms with van der Waals surface area (Å²) in [5, 5.41) is 12.2. The third-order valence-corrected chi connectivity index (χ3v) is 2.83. The van der Waals surface area contributed by atoms with Crippen molar-refractivity contribution in [3.63, 3.8) is 0 Å². The number of nitrogens with one attached hydrogen (secondary N) is 1. The van der Waals surface area contributed by atoms with Gasteiger partial charge in [0.1, 0.15) is 11.4 Å². The lowest BCUT2D eigenvalue weighted by Crippen LogP contribution is -2.14. The van der Waals surface area contributed by atoms with Crippen LogP contribution in [0.25, 0.3) is 11.0 Å². The Labute approximate surface area is 114 Å². The first-order valence-corrected chi connectivity index (χ1v) is 6.05. The summed E-state index contributed by atoms with van der Waals surface area (Å²) in [5.74, 6) is -0.403. The number of anilines is 1. The molecule has 0 fully saturated rings. The van der Waals surface area contributed by atoms with Crippen LogP contribution in [0.5, 0.6) is 5.75 Å². The Kier molecular flexibility index (Phi) is 3.01. The van der Waals surface area contributed by atoms with Gasteiger partial charge in [0.25, 0.3) is 5.91 Å². The van der Waals surface area contributed by atoms with Crippen LogP contribution in [0.3, 0.4) is 0 Å². The second kappa shape index (κ2) is 4.97. The number of aromatic hydroxyl groups is 1. The second-order valence-corrected chi connectivity index (χ2v) is 4.22. The molecule has 3 rings (SSSR count). The molecule has 0 aliphatic carbocycles. The van der Waals surface area contributed by atoms with Crippen LogP contribution in [0.15, 0.2) is 54.7 Å². The predicted octanol–water partition coefficient (Wildman–Crippen LogP) is 2.59. The van der Waals surface area contributed by atoms with Crippen molar-refractivity contribution < 1.29 is 9.90 Å². The molecule has 0 saturated carbocycles. The van der Waals surface area contributed by atoms with Crippen LogP contribution in [0, 0.1) is 0 Å². The van der Waals surface area contributed by atoms with E-state index in [2.05, 4.69) is 15.3 Å². The minimum absolute atomic E-state index is 0.00889. The van der Waals surface area contributed by atoms with Gasteiger partial charge in [0.2, 0.25) is 0 Å². The number of hydrogen-bond acceptors (Lipinski definition) is 4. The number of para-hydroxylation sites is 4. The van der Waals surface area contributed by atoms with Crippen LogP contribution in [0.1, 0.15) is 10.5 Å². The Morgan fingerprint density at radius 2 is 1.70 bits per heavy atom. The number of nitrogens with zero attached hydrogens (tertiary/aromatic N) is 2.